The van der Waals surface area contributed by atoms with E-state index < -0.39 is 11.7 Å². The van der Waals surface area contributed by atoms with Crippen LogP contribution in [-0.2, 0) is 13.5 Å². The Labute approximate surface area is 296 Å². The van der Waals surface area contributed by atoms with Gasteiger partial charge in [0.05, 0.1) is 35.4 Å². The van der Waals surface area contributed by atoms with Crippen LogP contribution in [0.3, 0.4) is 0 Å². The summed E-state index contributed by atoms with van der Waals surface area (Å²) in [6.45, 7) is 5.80. The molecule has 0 amide bonds. The number of rotatable bonds is 7. The lowest BCUT2D eigenvalue weighted by atomic mass is 9.71. The molecule has 6 heterocycles. The van der Waals surface area contributed by atoms with Crippen molar-refractivity contribution in [2.45, 2.75) is 82.0 Å². The van der Waals surface area contributed by atoms with Crippen LogP contribution in [0.5, 0.6) is 5.88 Å². The Hall–Kier alpha value is -4.79. The number of benzene rings is 2. The van der Waals surface area contributed by atoms with Crippen LogP contribution < -0.4 is 20.8 Å². The Morgan fingerprint density at radius 3 is 2.75 bits per heavy atom. The number of aromatic nitrogens is 4. The topological polar surface area (TPSA) is 113 Å². The van der Waals surface area contributed by atoms with E-state index in [0.29, 0.717) is 45.6 Å². The third-order valence-corrected chi connectivity index (χ3v) is 12.2. The SMILES string of the molecule is Cc1cc2c(nc(O[C@@H](C)[C@@H]3CCCN3C)c3c(=O)c(Nc4cnn(C)c4)cn([C@H]4[C@H]5CN[C@@H]4C5)c32)c(F)c1C1CCc2ccccc2C1C#N. The highest BCUT2D eigenvalue weighted by Crippen LogP contribution is 2.49. The Kier molecular flexibility index (Phi) is 7.67. The number of ether oxygens (including phenoxy) is 1. The second-order valence-corrected chi connectivity index (χ2v) is 15.2. The summed E-state index contributed by atoms with van der Waals surface area (Å²) in [7, 11) is 3.93. The van der Waals surface area contributed by atoms with Gasteiger partial charge in [-0.3, -0.25) is 14.4 Å². The maximum absolute atomic E-state index is 17.5. The van der Waals surface area contributed by atoms with Crippen molar-refractivity contribution in [1.82, 2.24) is 29.5 Å². The van der Waals surface area contributed by atoms with Gasteiger partial charge in [0.25, 0.3) is 0 Å². The number of nitriles is 1. The standard InChI is InChI=1S/C40H43FN8O2/c1-21-14-28-36(35(41)33(21)27-12-11-23-8-5-6-9-26(23)29(27)16-42)46-40(51-22(2)32-10-7-13-47(32)3)34-38(28)49(37-24-15-30(37)43-17-24)20-31(39(34)50)45-25-18-44-48(4)19-25/h5-6,8-9,14,18-20,22,24,27,29-30,32,37,43,45H,7,10-13,15,17H2,1-4H3/t22-,24+,27?,29?,30+,32-,37-/m0/s1. The van der Waals surface area contributed by atoms with Gasteiger partial charge < -0.3 is 19.9 Å². The third kappa shape index (κ3) is 5.06. The van der Waals surface area contributed by atoms with E-state index in [-0.39, 0.29) is 47.0 Å². The van der Waals surface area contributed by atoms with Crippen LogP contribution in [0.15, 0.2) is 53.7 Å². The third-order valence-electron chi connectivity index (χ3n) is 12.2. The number of likely N-dealkylation sites (N-methyl/N-ethyl adjacent to an activating group) is 1. The fraction of sp³-hybridized carbons (Fsp3) is 0.450. The van der Waals surface area contributed by atoms with Crippen molar-refractivity contribution in [3.8, 4) is 11.9 Å². The number of aryl methyl sites for hydroxylation is 3. The number of halogens is 1. The van der Waals surface area contributed by atoms with Crippen molar-refractivity contribution >= 4 is 33.2 Å². The molecule has 0 radical (unpaired) electrons. The summed E-state index contributed by atoms with van der Waals surface area (Å²) in [4.78, 5) is 22.0. The zero-order valence-electron chi connectivity index (χ0n) is 29.5. The lowest BCUT2D eigenvalue weighted by Gasteiger charge is -2.38. The minimum Gasteiger partial charge on any atom is -0.472 e. The Bertz CT molecular complexity index is 2290. The monoisotopic (exact) mass is 686 g/mol. The first-order chi connectivity index (χ1) is 24.7. The molecule has 5 aromatic rings. The van der Waals surface area contributed by atoms with Crippen LogP contribution in [0.4, 0.5) is 15.8 Å². The van der Waals surface area contributed by atoms with Crippen molar-refractivity contribution in [2.24, 2.45) is 13.0 Å². The molecule has 3 aliphatic heterocycles. The van der Waals surface area contributed by atoms with E-state index in [1.807, 2.05) is 57.6 Å². The van der Waals surface area contributed by atoms with Crippen molar-refractivity contribution in [3.05, 3.63) is 87.2 Å². The van der Waals surface area contributed by atoms with Gasteiger partial charge in [-0.1, -0.05) is 24.3 Å². The summed E-state index contributed by atoms with van der Waals surface area (Å²) in [5, 5.41) is 22.7. The number of pyridine rings is 2. The van der Waals surface area contributed by atoms with Gasteiger partial charge >= 0.3 is 0 Å². The number of likely N-dealkylation sites (tertiary alicyclic amines) is 1. The molecule has 7 atom stereocenters. The highest BCUT2D eigenvalue weighted by Gasteiger charge is 2.48. The zero-order chi connectivity index (χ0) is 35.1. The highest BCUT2D eigenvalue weighted by atomic mass is 19.1. The van der Waals surface area contributed by atoms with Crippen molar-refractivity contribution in [3.63, 3.8) is 0 Å². The number of fused-ring (bicyclic) bond motifs is 5. The molecule has 2 unspecified atom stereocenters. The smallest absolute Gasteiger partial charge is 0.228 e. The molecule has 2 aliphatic carbocycles. The fourth-order valence-electron chi connectivity index (χ4n) is 9.72. The summed E-state index contributed by atoms with van der Waals surface area (Å²) in [5.74, 6) is -0.710. The number of nitrogens with zero attached hydrogens (tertiary/aromatic N) is 6. The maximum Gasteiger partial charge on any atom is 0.228 e. The zero-order valence-corrected chi connectivity index (χ0v) is 29.5. The number of hydrogen-bond donors (Lipinski definition) is 2. The van der Waals surface area contributed by atoms with Gasteiger partial charge in [-0.25, -0.2) is 9.37 Å². The van der Waals surface area contributed by atoms with Crippen LogP contribution in [-0.4, -0.2) is 62.6 Å². The first-order valence-electron chi connectivity index (χ1n) is 18.3. The maximum atomic E-state index is 17.5. The number of anilines is 2. The average molecular weight is 687 g/mol. The van der Waals surface area contributed by atoms with Crippen LogP contribution >= 0.6 is 0 Å². The fourth-order valence-corrected chi connectivity index (χ4v) is 9.72. The predicted octanol–water partition coefficient (Wildman–Crippen LogP) is 6.21. The molecule has 2 N–H and O–H groups in total. The van der Waals surface area contributed by atoms with Gasteiger partial charge in [-0.15, -0.1) is 0 Å². The second kappa shape index (κ2) is 12.2. The molecule has 2 bridgehead atoms. The normalized spacial score (nSPS) is 26.2. The Morgan fingerprint density at radius 2 is 2.04 bits per heavy atom. The van der Waals surface area contributed by atoms with Crippen molar-refractivity contribution < 1.29 is 9.13 Å². The predicted molar refractivity (Wildman–Crippen MR) is 195 cm³/mol. The first-order valence-corrected chi connectivity index (χ1v) is 18.3. The quantitative estimate of drug-likeness (QED) is 0.195. The van der Waals surface area contributed by atoms with E-state index >= 15 is 4.39 Å². The molecule has 1 saturated carbocycles. The molecule has 262 valence electrons. The summed E-state index contributed by atoms with van der Waals surface area (Å²) in [6, 6.07) is 13.0. The molecule has 0 spiro atoms. The van der Waals surface area contributed by atoms with E-state index in [2.05, 4.69) is 44.4 Å². The minimum atomic E-state index is -0.481. The van der Waals surface area contributed by atoms with E-state index in [9.17, 15) is 10.1 Å². The summed E-state index contributed by atoms with van der Waals surface area (Å²) < 4.78 is 28.1. The molecule has 51 heavy (non-hydrogen) atoms. The van der Waals surface area contributed by atoms with Gasteiger partial charge in [0.2, 0.25) is 11.3 Å². The molecule has 4 fully saturated rings. The molecule has 2 aromatic carbocycles. The molecule has 10 nitrogen and oxygen atoms in total. The van der Waals surface area contributed by atoms with Crippen molar-refractivity contribution in [2.75, 3.05) is 25.5 Å². The van der Waals surface area contributed by atoms with Crippen LogP contribution in [0.1, 0.15) is 72.7 Å². The van der Waals surface area contributed by atoms with E-state index in [0.717, 1.165) is 55.5 Å². The first kappa shape index (κ1) is 32.1. The molecule has 10 rings (SSSR count). The minimum absolute atomic E-state index is 0.0836. The summed E-state index contributed by atoms with van der Waals surface area (Å²) >= 11 is 0. The molecule has 11 heteroatoms. The van der Waals surface area contributed by atoms with Crippen LogP contribution in [0.25, 0.3) is 21.8 Å². The average Bonchev–Trinajstić information content (AvgIpc) is 3.93. The lowest BCUT2D eigenvalue weighted by Crippen LogP contribution is -2.40. The largest absolute Gasteiger partial charge is 0.472 e. The molecule has 5 aliphatic rings. The number of hydrogen-bond acceptors (Lipinski definition) is 8. The van der Waals surface area contributed by atoms with Gasteiger partial charge in [0.15, 0.2) is 5.82 Å². The molecule has 3 saturated heterocycles. The lowest BCUT2D eigenvalue weighted by molar-refractivity contribution is 0.119. The Morgan fingerprint density at radius 1 is 1.20 bits per heavy atom. The van der Waals surface area contributed by atoms with Gasteiger partial charge in [0.1, 0.15) is 22.7 Å². The van der Waals surface area contributed by atoms with Crippen molar-refractivity contribution in [1.29, 1.82) is 5.26 Å². The molecular weight excluding hydrogens is 643 g/mol. The van der Waals surface area contributed by atoms with Crippen LogP contribution in [0.2, 0.25) is 0 Å². The highest BCUT2D eigenvalue weighted by molar-refractivity contribution is 6.07. The second-order valence-electron chi connectivity index (χ2n) is 15.2. The van der Waals surface area contributed by atoms with Gasteiger partial charge in [-0.05, 0) is 93.8 Å². The van der Waals surface area contributed by atoms with E-state index in [1.54, 1.807) is 10.9 Å². The molecular formula is C40H43FN8O2. The Balaban J connectivity index is 1.30. The van der Waals surface area contributed by atoms with Crippen LogP contribution in [0, 0.1) is 30.0 Å². The summed E-state index contributed by atoms with van der Waals surface area (Å²) in [5.41, 5.74) is 5.06. The summed E-state index contributed by atoms with van der Waals surface area (Å²) in [6.07, 6.45) is 9.64. The number of nitrogens with one attached hydrogen (secondary N) is 2. The van der Waals surface area contributed by atoms with E-state index in [1.165, 1.54) is 0 Å². The van der Waals surface area contributed by atoms with E-state index in [4.69, 9.17) is 9.72 Å². The van der Waals surface area contributed by atoms with Gasteiger partial charge in [-0.2, -0.15) is 10.4 Å². The van der Waals surface area contributed by atoms with Gasteiger partial charge in [0, 0.05) is 49.4 Å². The molecule has 3 aromatic heterocycles.